The van der Waals surface area contributed by atoms with E-state index in [0.29, 0.717) is 29.5 Å². The van der Waals surface area contributed by atoms with Gasteiger partial charge in [-0.15, -0.1) is 0 Å². The van der Waals surface area contributed by atoms with Gasteiger partial charge in [0, 0.05) is 30.2 Å². The van der Waals surface area contributed by atoms with E-state index in [1.807, 2.05) is 20.8 Å². The number of amides is 1. The predicted octanol–water partition coefficient (Wildman–Crippen LogP) is 7.64. The number of carbonyl (C=O) groups is 2. The molecule has 40 heavy (non-hydrogen) atoms. The molecule has 0 aliphatic carbocycles. The van der Waals surface area contributed by atoms with Crippen LogP contribution in [-0.2, 0) is 0 Å². The van der Waals surface area contributed by atoms with Crippen molar-refractivity contribution in [1.82, 2.24) is 10.3 Å². The first kappa shape index (κ1) is 28.8. The SMILES string of the molecule is CNC(=O)c1c(-c2ccc(F)cc2)oc2nc(NCC(F)(F)F)c(-c3cccc(C(=O)CCC(C)(C)C)c3)cc12. The Hall–Kier alpha value is -4.21. The highest BCUT2D eigenvalue weighted by Gasteiger charge is 2.29. The molecule has 0 aliphatic rings. The highest BCUT2D eigenvalue weighted by atomic mass is 19.4. The number of nitrogens with one attached hydrogen (secondary N) is 2. The first-order valence-electron chi connectivity index (χ1n) is 12.7. The van der Waals surface area contributed by atoms with E-state index in [-0.39, 0.29) is 45.0 Å². The lowest BCUT2D eigenvalue weighted by Crippen LogP contribution is -2.22. The largest absolute Gasteiger partial charge is 0.437 e. The van der Waals surface area contributed by atoms with Crippen molar-refractivity contribution < 1.29 is 31.6 Å². The monoisotopic (exact) mass is 555 g/mol. The highest BCUT2D eigenvalue weighted by molar-refractivity contribution is 6.11. The van der Waals surface area contributed by atoms with E-state index in [2.05, 4.69) is 15.6 Å². The summed E-state index contributed by atoms with van der Waals surface area (Å²) in [5.74, 6) is -1.15. The topological polar surface area (TPSA) is 84.2 Å². The van der Waals surface area contributed by atoms with Crippen molar-refractivity contribution in [2.75, 3.05) is 18.9 Å². The lowest BCUT2D eigenvalue weighted by Gasteiger charge is -2.17. The zero-order valence-electron chi connectivity index (χ0n) is 22.5. The highest BCUT2D eigenvalue weighted by Crippen LogP contribution is 2.38. The fourth-order valence-corrected chi connectivity index (χ4v) is 4.21. The van der Waals surface area contributed by atoms with Crippen LogP contribution in [0.15, 0.2) is 59.0 Å². The van der Waals surface area contributed by atoms with Crippen LogP contribution in [0.5, 0.6) is 0 Å². The summed E-state index contributed by atoms with van der Waals surface area (Å²) in [4.78, 5) is 30.2. The minimum absolute atomic E-state index is 0.0450. The van der Waals surface area contributed by atoms with Gasteiger partial charge in [0.15, 0.2) is 5.78 Å². The van der Waals surface area contributed by atoms with Crippen molar-refractivity contribution in [2.45, 2.75) is 39.8 Å². The Labute approximate surface area is 228 Å². The molecule has 6 nitrogen and oxygen atoms in total. The molecule has 10 heteroatoms. The van der Waals surface area contributed by atoms with Crippen LogP contribution >= 0.6 is 0 Å². The molecule has 2 aromatic carbocycles. The van der Waals surface area contributed by atoms with Crippen LogP contribution in [0.25, 0.3) is 33.6 Å². The normalized spacial score (nSPS) is 12.0. The van der Waals surface area contributed by atoms with Crippen molar-refractivity contribution in [3.63, 3.8) is 0 Å². The molecule has 0 atom stereocenters. The summed E-state index contributed by atoms with van der Waals surface area (Å²) < 4.78 is 58.9. The fraction of sp³-hybridized carbons (Fsp3) is 0.300. The molecule has 0 radical (unpaired) electrons. The van der Waals surface area contributed by atoms with Gasteiger partial charge in [-0.05, 0) is 53.8 Å². The second kappa shape index (κ2) is 11.1. The number of anilines is 1. The fourth-order valence-electron chi connectivity index (χ4n) is 4.21. The molecule has 2 heterocycles. The molecule has 0 saturated heterocycles. The summed E-state index contributed by atoms with van der Waals surface area (Å²) in [5, 5.41) is 5.11. The number of hydrogen-bond acceptors (Lipinski definition) is 5. The summed E-state index contributed by atoms with van der Waals surface area (Å²) >= 11 is 0. The van der Waals surface area contributed by atoms with Crippen molar-refractivity contribution in [3.8, 4) is 22.5 Å². The first-order valence-corrected chi connectivity index (χ1v) is 12.7. The summed E-state index contributed by atoms with van der Waals surface area (Å²) in [6.45, 7) is 4.73. The van der Waals surface area contributed by atoms with Gasteiger partial charge in [0.2, 0.25) is 5.71 Å². The third kappa shape index (κ3) is 6.67. The number of pyridine rings is 1. The quantitative estimate of drug-likeness (QED) is 0.172. The number of halogens is 4. The van der Waals surface area contributed by atoms with E-state index in [1.54, 1.807) is 24.3 Å². The van der Waals surface area contributed by atoms with Gasteiger partial charge in [-0.2, -0.15) is 18.2 Å². The minimum atomic E-state index is -4.53. The lowest BCUT2D eigenvalue weighted by molar-refractivity contribution is -0.115. The third-order valence-electron chi connectivity index (χ3n) is 6.30. The maximum atomic E-state index is 13.6. The van der Waals surface area contributed by atoms with Gasteiger partial charge < -0.3 is 15.1 Å². The van der Waals surface area contributed by atoms with Crippen LogP contribution in [0, 0.1) is 11.2 Å². The van der Waals surface area contributed by atoms with Crippen molar-refractivity contribution in [1.29, 1.82) is 0 Å². The standard InChI is InChI=1S/C30H29F4N3O3/c1-29(2,3)13-12-23(38)19-7-5-6-18(14-19)21-15-22-24(27(39)35-4)25(17-8-10-20(31)11-9-17)40-28(22)37-26(21)36-16-30(32,33)34/h5-11,14-15H,12-13,16H2,1-4H3,(H,35,39)(H,36,37). The molecule has 2 N–H and O–H groups in total. The Morgan fingerprint density at radius 2 is 1.68 bits per heavy atom. The van der Waals surface area contributed by atoms with Gasteiger partial charge >= 0.3 is 6.18 Å². The van der Waals surface area contributed by atoms with Crippen molar-refractivity contribution in [3.05, 3.63) is 71.5 Å². The first-order chi connectivity index (χ1) is 18.8. The molecule has 4 aromatic rings. The van der Waals surface area contributed by atoms with E-state index in [0.717, 1.165) is 0 Å². The number of aromatic nitrogens is 1. The lowest BCUT2D eigenvalue weighted by atomic mass is 9.88. The number of ketones is 1. The Kier molecular flexibility index (Phi) is 8.00. The molecule has 210 valence electrons. The van der Waals surface area contributed by atoms with Crippen LogP contribution in [0.4, 0.5) is 23.4 Å². The Morgan fingerprint density at radius 3 is 2.30 bits per heavy atom. The molecule has 2 aromatic heterocycles. The molecule has 0 spiro atoms. The molecule has 0 saturated carbocycles. The van der Waals surface area contributed by atoms with Gasteiger partial charge in [0.25, 0.3) is 5.91 Å². The summed E-state index contributed by atoms with van der Waals surface area (Å²) in [5.41, 5.74) is 1.45. The number of benzene rings is 2. The van der Waals surface area contributed by atoms with E-state index >= 15 is 0 Å². The van der Waals surface area contributed by atoms with Crippen molar-refractivity contribution >= 4 is 28.6 Å². The predicted molar refractivity (Wildman–Crippen MR) is 146 cm³/mol. The van der Waals surface area contributed by atoms with Gasteiger partial charge in [-0.1, -0.05) is 39.0 Å². The molecule has 0 aliphatic heterocycles. The van der Waals surface area contributed by atoms with Gasteiger partial charge in [-0.3, -0.25) is 9.59 Å². The molecule has 0 bridgehead atoms. The second-order valence-corrected chi connectivity index (χ2v) is 10.7. The van der Waals surface area contributed by atoms with Crippen LogP contribution in [0.2, 0.25) is 0 Å². The van der Waals surface area contributed by atoms with E-state index in [4.69, 9.17) is 4.42 Å². The number of alkyl halides is 3. The maximum absolute atomic E-state index is 13.6. The number of hydrogen-bond donors (Lipinski definition) is 2. The molecule has 0 unspecified atom stereocenters. The zero-order valence-corrected chi connectivity index (χ0v) is 22.5. The smallest absolute Gasteiger partial charge is 0.405 e. The van der Waals surface area contributed by atoms with Gasteiger partial charge in [-0.25, -0.2) is 4.39 Å². The van der Waals surface area contributed by atoms with E-state index in [1.165, 1.54) is 37.4 Å². The second-order valence-electron chi connectivity index (χ2n) is 10.7. The average molecular weight is 556 g/mol. The summed E-state index contributed by atoms with van der Waals surface area (Å²) in [6, 6.07) is 13.3. The number of rotatable bonds is 8. The van der Waals surface area contributed by atoms with Crippen LogP contribution < -0.4 is 10.6 Å². The molecule has 4 rings (SSSR count). The number of fused-ring (bicyclic) bond motifs is 1. The Bertz CT molecular complexity index is 1550. The summed E-state index contributed by atoms with van der Waals surface area (Å²) in [6.07, 6.45) is -3.56. The molecular formula is C30H29F4N3O3. The Balaban J connectivity index is 1.89. The van der Waals surface area contributed by atoms with Crippen LogP contribution in [0.3, 0.4) is 0 Å². The molecule has 0 fully saturated rings. The number of carbonyl (C=O) groups excluding carboxylic acids is 2. The zero-order chi connectivity index (χ0) is 29.2. The molecule has 1 amide bonds. The minimum Gasteiger partial charge on any atom is -0.437 e. The Morgan fingerprint density at radius 1 is 0.975 bits per heavy atom. The van der Waals surface area contributed by atoms with Crippen molar-refractivity contribution in [2.24, 2.45) is 5.41 Å². The van der Waals surface area contributed by atoms with Crippen LogP contribution in [0.1, 0.15) is 54.3 Å². The van der Waals surface area contributed by atoms with E-state index in [9.17, 15) is 27.2 Å². The molecular weight excluding hydrogens is 526 g/mol. The third-order valence-corrected chi connectivity index (χ3v) is 6.30. The number of nitrogens with zero attached hydrogens (tertiary/aromatic N) is 1. The maximum Gasteiger partial charge on any atom is 0.405 e. The van der Waals surface area contributed by atoms with Gasteiger partial charge in [0.05, 0.1) is 10.9 Å². The van der Waals surface area contributed by atoms with Gasteiger partial charge in [0.1, 0.15) is 23.9 Å². The number of furan rings is 1. The summed E-state index contributed by atoms with van der Waals surface area (Å²) in [7, 11) is 1.43. The number of Topliss-reactive ketones (excluding diaryl/α,β-unsaturated/α-hetero) is 1. The van der Waals surface area contributed by atoms with E-state index < -0.39 is 24.4 Å². The van der Waals surface area contributed by atoms with Crippen LogP contribution in [-0.4, -0.2) is 36.4 Å². The average Bonchev–Trinajstić information content (AvgIpc) is 3.27.